The van der Waals surface area contributed by atoms with Crippen molar-refractivity contribution < 1.29 is 0 Å². The van der Waals surface area contributed by atoms with Gasteiger partial charge in [-0.2, -0.15) is 0 Å². The van der Waals surface area contributed by atoms with Gasteiger partial charge in [-0.05, 0) is 19.2 Å². The van der Waals surface area contributed by atoms with Crippen LogP contribution in [0.3, 0.4) is 0 Å². The van der Waals surface area contributed by atoms with Crippen molar-refractivity contribution in [2.24, 2.45) is 7.05 Å². The first-order valence-corrected chi connectivity index (χ1v) is 5.93. The Morgan fingerprint density at radius 1 is 1.44 bits per heavy atom. The predicted molar refractivity (Wildman–Crippen MR) is 69.1 cm³/mol. The first kappa shape index (κ1) is 11.4. The van der Waals surface area contributed by atoms with Crippen LogP contribution in [0.25, 0.3) is 11.4 Å². The maximum absolute atomic E-state index is 4.59. The molecule has 0 radical (unpaired) electrons. The third-order valence-electron chi connectivity index (χ3n) is 2.37. The van der Waals surface area contributed by atoms with Crippen LogP contribution in [0.1, 0.15) is 5.69 Å². The van der Waals surface area contributed by atoms with Crippen LogP contribution in [0.15, 0.2) is 34.9 Å². The fraction of sp³-hybridized carbons (Fsp3) is 0.250. The number of nitrogens with one attached hydrogen (secondary N) is 1. The summed E-state index contributed by atoms with van der Waals surface area (Å²) >= 11 is 3.47. The van der Waals surface area contributed by atoms with Gasteiger partial charge in [-0.3, -0.25) is 0 Å². The Bertz CT molecular complexity index is 491. The van der Waals surface area contributed by atoms with Gasteiger partial charge in [-0.25, -0.2) is 4.98 Å². The van der Waals surface area contributed by atoms with Crippen molar-refractivity contribution >= 4 is 15.9 Å². The highest BCUT2D eigenvalue weighted by molar-refractivity contribution is 9.10. The first-order chi connectivity index (χ1) is 7.70. The summed E-state index contributed by atoms with van der Waals surface area (Å²) in [6.45, 7) is 0.793. The molecule has 2 aromatic rings. The molecule has 1 aromatic heterocycles. The highest BCUT2D eigenvalue weighted by Crippen LogP contribution is 2.21. The van der Waals surface area contributed by atoms with E-state index in [-0.39, 0.29) is 0 Å². The fourth-order valence-electron chi connectivity index (χ4n) is 1.69. The van der Waals surface area contributed by atoms with Gasteiger partial charge in [0, 0.05) is 29.8 Å². The average Bonchev–Trinajstić information content (AvgIpc) is 2.60. The molecule has 1 heterocycles. The Balaban J connectivity index is 2.40. The molecule has 16 heavy (non-hydrogen) atoms. The molecule has 0 atom stereocenters. The monoisotopic (exact) mass is 279 g/mol. The van der Waals surface area contributed by atoms with Gasteiger partial charge in [0.05, 0.1) is 5.69 Å². The highest BCUT2D eigenvalue weighted by Gasteiger charge is 2.07. The van der Waals surface area contributed by atoms with Crippen molar-refractivity contribution in [3.63, 3.8) is 0 Å². The lowest BCUT2D eigenvalue weighted by molar-refractivity contribution is 0.795. The third-order valence-corrected chi connectivity index (χ3v) is 2.86. The second kappa shape index (κ2) is 4.80. The Morgan fingerprint density at radius 3 is 2.94 bits per heavy atom. The largest absolute Gasteiger partial charge is 0.334 e. The zero-order valence-electron chi connectivity index (χ0n) is 9.37. The van der Waals surface area contributed by atoms with Gasteiger partial charge in [0.25, 0.3) is 0 Å². The summed E-state index contributed by atoms with van der Waals surface area (Å²) < 4.78 is 3.12. The fourth-order valence-corrected chi connectivity index (χ4v) is 2.09. The number of halogens is 1. The van der Waals surface area contributed by atoms with Gasteiger partial charge in [-0.1, -0.05) is 28.1 Å². The van der Waals surface area contributed by atoms with Crippen LogP contribution >= 0.6 is 15.9 Å². The molecule has 0 aliphatic heterocycles. The van der Waals surface area contributed by atoms with Gasteiger partial charge >= 0.3 is 0 Å². The molecule has 0 fully saturated rings. The van der Waals surface area contributed by atoms with Crippen molar-refractivity contribution in [3.05, 3.63) is 40.6 Å². The maximum atomic E-state index is 4.59. The number of benzene rings is 1. The molecular weight excluding hydrogens is 266 g/mol. The van der Waals surface area contributed by atoms with Crippen molar-refractivity contribution in [1.29, 1.82) is 0 Å². The van der Waals surface area contributed by atoms with Crippen LogP contribution in [0, 0.1) is 0 Å². The Morgan fingerprint density at radius 2 is 2.25 bits per heavy atom. The minimum atomic E-state index is 0.793. The lowest BCUT2D eigenvalue weighted by atomic mass is 10.2. The van der Waals surface area contributed by atoms with Crippen LogP contribution in [-0.2, 0) is 13.6 Å². The van der Waals surface area contributed by atoms with Crippen molar-refractivity contribution in [3.8, 4) is 11.4 Å². The molecule has 0 spiro atoms. The lowest BCUT2D eigenvalue weighted by Gasteiger charge is -2.01. The molecule has 1 N–H and O–H groups in total. The minimum absolute atomic E-state index is 0.793. The Kier molecular flexibility index (Phi) is 3.41. The molecule has 0 unspecified atom stereocenters. The Labute approximate surface area is 104 Å². The highest BCUT2D eigenvalue weighted by atomic mass is 79.9. The molecule has 0 aliphatic carbocycles. The quantitative estimate of drug-likeness (QED) is 0.936. The van der Waals surface area contributed by atoms with Gasteiger partial charge < -0.3 is 9.88 Å². The van der Waals surface area contributed by atoms with E-state index in [9.17, 15) is 0 Å². The normalized spacial score (nSPS) is 10.7. The molecule has 2 rings (SSSR count). The van der Waals surface area contributed by atoms with E-state index < -0.39 is 0 Å². The SMILES string of the molecule is CNCc1cn(C)c(-c2cccc(Br)c2)n1. The molecule has 4 heteroatoms. The molecule has 0 bridgehead atoms. The summed E-state index contributed by atoms with van der Waals surface area (Å²) in [7, 11) is 3.94. The van der Waals surface area contributed by atoms with E-state index in [1.165, 1.54) is 0 Å². The minimum Gasteiger partial charge on any atom is -0.334 e. The summed E-state index contributed by atoms with van der Waals surface area (Å²) in [4.78, 5) is 4.59. The molecular formula is C12H14BrN3. The number of hydrogen-bond acceptors (Lipinski definition) is 2. The molecule has 0 amide bonds. The zero-order chi connectivity index (χ0) is 11.5. The second-order valence-corrected chi connectivity index (χ2v) is 4.62. The number of imidazole rings is 1. The van der Waals surface area contributed by atoms with E-state index in [0.29, 0.717) is 0 Å². The van der Waals surface area contributed by atoms with E-state index >= 15 is 0 Å². The average molecular weight is 280 g/mol. The number of aryl methyl sites for hydroxylation is 1. The third kappa shape index (κ3) is 2.33. The number of rotatable bonds is 3. The van der Waals surface area contributed by atoms with Crippen LogP contribution < -0.4 is 5.32 Å². The van der Waals surface area contributed by atoms with Gasteiger partial charge in [0.1, 0.15) is 5.82 Å². The first-order valence-electron chi connectivity index (χ1n) is 5.13. The van der Waals surface area contributed by atoms with E-state index in [2.05, 4.69) is 42.9 Å². The summed E-state index contributed by atoms with van der Waals surface area (Å²) in [6.07, 6.45) is 2.05. The van der Waals surface area contributed by atoms with E-state index in [4.69, 9.17) is 0 Å². The van der Waals surface area contributed by atoms with E-state index in [1.807, 2.05) is 32.4 Å². The number of hydrogen-bond donors (Lipinski definition) is 1. The molecule has 3 nitrogen and oxygen atoms in total. The molecule has 1 aromatic carbocycles. The summed E-state index contributed by atoms with van der Waals surface area (Å²) in [5.74, 6) is 0.992. The summed E-state index contributed by atoms with van der Waals surface area (Å²) in [6, 6.07) is 8.18. The standard InChI is InChI=1S/C12H14BrN3/c1-14-7-11-8-16(2)12(15-11)9-4-3-5-10(13)6-9/h3-6,8,14H,7H2,1-2H3. The van der Waals surface area contributed by atoms with Crippen LogP contribution in [0.4, 0.5) is 0 Å². The van der Waals surface area contributed by atoms with Gasteiger partial charge in [0.15, 0.2) is 0 Å². The zero-order valence-corrected chi connectivity index (χ0v) is 11.0. The molecule has 0 aliphatic rings. The van der Waals surface area contributed by atoms with Crippen molar-refractivity contribution in [2.45, 2.75) is 6.54 Å². The smallest absolute Gasteiger partial charge is 0.140 e. The van der Waals surface area contributed by atoms with Crippen LogP contribution in [0.5, 0.6) is 0 Å². The van der Waals surface area contributed by atoms with E-state index in [1.54, 1.807) is 0 Å². The second-order valence-electron chi connectivity index (χ2n) is 3.71. The summed E-state index contributed by atoms with van der Waals surface area (Å²) in [5, 5.41) is 3.10. The number of aromatic nitrogens is 2. The molecule has 0 saturated carbocycles. The van der Waals surface area contributed by atoms with Gasteiger partial charge in [-0.15, -0.1) is 0 Å². The molecule has 0 saturated heterocycles. The summed E-state index contributed by atoms with van der Waals surface area (Å²) in [5.41, 5.74) is 2.18. The predicted octanol–water partition coefficient (Wildman–Crippen LogP) is 2.57. The maximum Gasteiger partial charge on any atom is 0.140 e. The lowest BCUT2D eigenvalue weighted by Crippen LogP contribution is -2.04. The Hall–Kier alpha value is -1.13. The van der Waals surface area contributed by atoms with Gasteiger partial charge in [0.2, 0.25) is 0 Å². The van der Waals surface area contributed by atoms with Crippen LogP contribution in [-0.4, -0.2) is 16.6 Å². The number of nitrogens with zero attached hydrogens (tertiary/aromatic N) is 2. The van der Waals surface area contributed by atoms with Crippen molar-refractivity contribution in [2.75, 3.05) is 7.05 Å². The molecule has 84 valence electrons. The van der Waals surface area contributed by atoms with Crippen LogP contribution in [0.2, 0.25) is 0 Å². The van der Waals surface area contributed by atoms with Crippen molar-refractivity contribution in [1.82, 2.24) is 14.9 Å². The van der Waals surface area contributed by atoms with E-state index in [0.717, 1.165) is 28.1 Å². The topological polar surface area (TPSA) is 29.9 Å².